The van der Waals surface area contributed by atoms with E-state index < -0.39 is 0 Å². The largest absolute Gasteiger partial charge is 0.380 e. The van der Waals surface area contributed by atoms with E-state index in [4.69, 9.17) is 4.74 Å². The van der Waals surface area contributed by atoms with Crippen LogP contribution in [-0.4, -0.2) is 47.3 Å². The average molecular weight is 329 g/mol. The van der Waals surface area contributed by atoms with Crippen LogP contribution in [0.25, 0.3) is 11.1 Å². The van der Waals surface area contributed by atoms with Crippen molar-refractivity contribution in [1.29, 1.82) is 0 Å². The number of carbonyl (C=O) groups is 1. The van der Waals surface area contributed by atoms with E-state index in [1.165, 1.54) is 0 Å². The lowest BCUT2D eigenvalue weighted by atomic mass is 9.87. The highest BCUT2D eigenvalue weighted by atomic mass is 19.1. The molecule has 126 valence electrons. The van der Waals surface area contributed by atoms with Gasteiger partial charge in [0.25, 0.3) is 0 Å². The number of nitrogens with zero attached hydrogens (tertiary/aromatic N) is 2. The predicted molar refractivity (Wildman–Crippen MR) is 86.8 cm³/mol. The molecular weight excluding hydrogens is 309 g/mol. The molecule has 3 heterocycles. The van der Waals surface area contributed by atoms with E-state index in [-0.39, 0.29) is 23.6 Å². The number of benzene rings is 1. The van der Waals surface area contributed by atoms with Gasteiger partial charge in [0.15, 0.2) is 0 Å². The maximum atomic E-state index is 14.5. The minimum absolute atomic E-state index is 0.0347. The SMILES string of the molecule is O=C(C1COC1)N1CCC(c2ccc(-c3cn[nH]c3)cc2F)CC1. The molecule has 24 heavy (non-hydrogen) atoms. The van der Waals surface area contributed by atoms with Crippen molar-refractivity contribution in [1.82, 2.24) is 15.1 Å². The molecule has 2 fully saturated rings. The molecule has 4 rings (SSSR count). The Morgan fingerprint density at radius 2 is 2.04 bits per heavy atom. The van der Waals surface area contributed by atoms with Gasteiger partial charge in [-0.25, -0.2) is 4.39 Å². The molecular formula is C18H20FN3O2. The summed E-state index contributed by atoms with van der Waals surface area (Å²) in [5, 5.41) is 6.64. The molecule has 0 aliphatic carbocycles. The molecule has 1 aromatic heterocycles. The first-order valence-electron chi connectivity index (χ1n) is 8.37. The van der Waals surface area contributed by atoms with Crippen LogP contribution in [0.4, 0.5) is 4.39 Å². The van der Waals surface area contributed by atoms with Crippen molar-refractivity contribution in [3.8, 4) is 11.1 Å². The lowest BCUT2D eigenvalue weighted by molar-refractivity contribution is -0.150. The maximum absolute atomic E-state index is 14.5. The molecule has 0 saturated carbocycles. The summed E-state index contributed by atoms with van der Waals surface area (Å²) in [5.74, 6) is 0.221. The molecule has 0 radical (unpaired) electrons. The lowest BCUT2D eigenvalue weighted by Gasteiger charge is -2.36. The topological polar surface area (TPSA) is 58.2 Å². The van der Waals surface area contributed by atoms with E-state index in [1.807, 2.05) is 17.0 Å². The molecule has 0 atom stereocenters. The van der Waals surface area contributed by atoms with E-state index in [2.05, 4.69) is 10.2 Å². The molecule has 1 amide bonds. The Hall–Kier alpha value is -2.21. The van der Waals surface area contributed by atoms with Gasteiger partial charge < -0.3 is 9.64 Å². The van der Waals surface area contributed by atoms with Crippen LogP contribution in [-0.2, 0) is 9.53 Å². The Balaban J connectivity index is 1.43. The molecule has 2 aliphatic heterocycles. The van der Waals surface area contributed by atoms with Gasteiger partial charge in [-0.3, -0.25) is 9.89 Å². The van der Waals surface area contributed by atoms with Crippen molar-refractivity contribution in [3.05, 3.63) is 42.0 Å². The zero-order valence-electron chi connectivity index (χ0n) is 13.4. The number of H-pyrrole nitrogens is 1. The second kappa shape index (κ2) is 6.36. The second-order valence-electron chi connectivity index (χ2n) is 6.56. The molecule has 1 N–H and O–H groups in total. The summed E-state index contributed by atoms with van der Waals surface area (Å²) in [6.45, 7) is 2.48. The Morgan fingerprint density at radius 1 is 1.25 bits per heavy atom. The smallest absolute Gasteiger partial charge is 0.230 e. The summed E-state index contributed by atoms with van der Waals surface area (Å²) in [6.07, 6.45) is 5.05. The van der Waals surface area contributed by atoms with Crippen molar-refractivity contribution >= 4 is 5.91 Å². The zero-order valence-corrected chi connectivity index (χ0v) is 13.4. The van der Waals surface area contributed by atoms with Crippen molar-refractivity contribution < 1.29 is 13.9 Å². The fraction of sp³-hybridized carbons (Fsp3) is 0.444. The summed E-state index contributed by atoms with van der Waals surface area (Å²) >= 11 is 0. The molecule has 5 nitrogen and oxygen atoms in total. The molecule has 0 unspecified atom stereocenters. The van der Waals surface area contributed by atoms with Crippen LogP contribution >= 0.6 is 0 Å². The third-order valence-corrected chi connectivity index (χ3v) is 5.07. The molecule has 6 heteroatoms. The zero-order chi connectivity index (χ0) is 16.5. The van der Waals surface area contributed by atoms with Crippen molar-refractivity contribution in [2.24, 2.45) is 5.92 Å². The first-order valence-corrected chi connectivity index (χ1v) is 8.37. The van der Waals surface area contributed by atoms with Crippen LogP contribution < -0.4 is 0 Å². The number of rotatable bonds is 3. The quantitative estimate of drug-likeness (QED) is 0.941. The van der Waals surface area contributed by atoms with E-state index in [0.29, 0.717) is 26.3 Å². The highest BCUT2D eigenvalue weighted by molar-refractivity contribution is 5.79. The Kier molecular flexibility index (Phi) is 4.06. The minimum Gasteiger partial charge on any atom is -0.380 e. The fourth-order valence-corrected chi connectivity index (χ4v) is 3.49. The summed E-state index contributed by atoms with van der Waals surface area (Å²) in [6, 6.07) is 5.38. The number of ether oxygens (including phenoxy) is 1. The molecule has 2 saturated heterocycles. The van der Waals surface area contributed by atoms with Gasteiger partial charge >= 0.3 is 0 Å². The first kappa shape index (κ1) is 15.3. The monoisotopic (exact) mass is 329 g/mol. The highest BCUT2D eigenvalue weighted by Crippen LogP contribution is 2.32. The van der Waals surface area contributed by atoms with Gasteiger partial charge in [-0.2, -0.15) is 5.10 Å². The van der Waals surface area contributed by atoms with Crippen LogP contribution in [0, 0.1) is 11.7 Å². The number of carbonyl (C=O) groups excluding carboxylic acids is 1. The van der Waals surface area contributed by atoms with Gasteiger partial charge in [0, 0.05) is 24.8 Å². The first-order chi connectivity index (χ1) is 11.7. The van der Waals surface area contributed by atoms with E-state index >= 15 is 0 Å². The molecule has 0 spiro atoms. The minimum atomic E-state index is -0.175. The third kappa shape index (κ3) is 2.82. The fourth-order valence-electron chi connectivity index (χ4n) is 3.49. The summed E-state index contributed by atoms with van der Waals surface area (Å²) < 4.78 is 19.6. The number of aromatic amines is 1. The van der Waals surface area contributed by atoms with E-state index in [0.717, 1.165) is 29.5 Å². The van der Waals surface area contributed by atoms with Gasteiger partial charge in [-0.15, -0.1) is 0 Å². The summed E-state index contributed by atoms with van der Waals surface area (Å²) in [7, 11) is 0. The number of hydrogen-bond donors (Lipinski definition) is 1. The van der Waals surface area contributed by atoms with E-state index in [9.17, 15) is 9.18 Å². The van der Waals surface area contributed by atoms with Crippen LogP contribution in [0.3, 0.4) is 0 Å². The number of aromatic nitrogens is 2. The van der Waals surface area contributed by atoms with E-state index in [1.54, 1.807) is 18.5 Å². The number of piperidine rings is 1. The van der Waals surface area contributed by atoms with Crippen LogP contribution in [0.15, 0.2) is 30.6 Å². The number of hydrogen-bond acceptors (Lipinski definition) is 3. The number of amides is 1. The Labute approximate surface area is 139 Å². The predicted octanol–water partition coefficient (Wildman–Crippen LogP) is 2.57. The average Bonchev–Trinajstić information content (AvgIpc) is 3.08. The van der Waals surface area contributed by atoms with Crippen LogP contribution in [0.2, 0.25) is 0 Å². The number of nitrogens with one attached hydrogen (secondary N) is 1. The Morgan fingerprint density at radius 3 is 2.62 bits per heavy atom. The van der Waals surface area contributed by atoms with Crippen molar-refractivity contribution in [3.63, 3.8) is 0 Å². The number of halogens is 1. The normalized spacial score (nSPS) is 19.3. The third-order valence-electron chi connectivity index (χ3n) is 5.07. The molecule has 2 aliphatic rings. The van der Waals surface area contributed by atoms with Crippen molar-refractivity contribution in [2.75, 3.05) is 26.3 Å². The Bertz CT molecular complexity index is 720. The van der Waals surface area contributed by atoms with Crippen LogP contribution in [0.1, 0.15) is 24.3 Å². The molecule has 2 aromatic rings. The summed E-state index contributed by atoms with van der Waals surface area (Å²) in [5.41, 5.74) is 2.45. The highest BCUT2D eigenvalue weighted by Gasteiger charge is 2.33. The van der Waals surface area contributed by atoms with Crippen LogP contribution in [0.5, 0.6) is 0 Å². The number of likely N-dealkylation sites (tertiary alicyclic amines) is 1. The standard InChI is InChI=1S/C18H20FN3O2/c19-17-7-13(14-8-20-21-9-14)1-2-16(17)12-3-5-22(6-4-12)18(23)15-10-24-11-15/h1-2,7-9,12,15H,3-6,10-11H2,(H,20,21). The van der Waals surface area contributed by atoms with Gasteiger partial charge in [0.05, 0.1) is 25.3 Å². The second-order valence-corrected chi connectivity index (χ2v) is 6.56. The van der Waals surface area contributed by atoms with Gasteiger partial charge in [-0.05, 0) is 36.0 Å². The molecule has 0 bridgehead atoms. The lowest BCUT2D eigenvalue weighted by Crippen LogP contribution is -2.47. The van der Waals surface area contributed by atoms with Gasteiger partial charge in [0.2, 0.25) is 5.91 Å². The van der Waals surface area contributed by atoms with Gasteiger partial charge in [-0.1, -0.05) is 12.1 Å². The van der Waals surface area contributed by atoms with Gasteiger partial charge in [0.1, 0.15) is 5.82 Å². The maximum Gasteiger partial charge on any atom is 0.230 e. The molecule has 1 aromatic carbocycles. The summed E-state index contributed by atoms with van der Waals surface area (Å²) in [4.78, 5) is 14.1. The van der Waals surface area contributed by atoms with Crippen molar-refractivity contribution in [2.45, 2.75) is 18.8 Å².